The molecule has 5 heteroatoms. The highest BCUT2D eigenvalue weighted by Crippen LogP contribution is 2.32. The lowest BCUT2D eigenvalue weighted by atomic mass is 9.78. The van der Waals surface area contributed by atoms with Crippen molar-refractivity contribution in [3.05, 3.63) is 35.7 Å². The molecule has 5 nitrogen and oxygen atoms in total. The van der Waals surface area contributed by atoms with Crippen LogP contribution in [0.1, 0.15) is 44.4 Å². The number of rotatable bonds is 4. The molecule has 1 fully saturated rings. The summed E-state index contributed by atoms with van der Waals surface area (Å²) < 4.78 is 0. The molecule has 0 spiro atoms. The van der Waals surface area contributed by atoms with E-state index in [2.05, 4.69) is 41.4 Å². The highest BCUT2D eigenvalue weighted by molar-refractivity contribution is 5.54. The molecule has 2 N–H and O–H groups in total. The second-order valence-electron chi connectivity index (χ2n) is 6.96. The fourth-order valence-electron chi connectivity index (χ4n) is 3.34. The van der Waals surface area contributed by atoms with Crippen LogP contribution in [-0.4, -0.2) is 21.0 Å². The molecule has 2 aromatic rings. The van der Waals surface area contributed by atoms with E-state index in [0.29, 0.717) is 17.9 Å². The van der Waals surface area contributed by atoms with Gasteiger partial charge in [0.1, 0.15) is 11.6 Å². The van der Waals surface area contributed by atoms with Gasteiger partial charge in [-0.3, -0.25) is 0 Å². The zero-order valence-corrected chi connectivity index (χ0v) is 15.0. The largest absolute Gasteiger partial charge is 0.367 e. The number of hydrogen-bond donors (Lipinski definition) is 2. The summed E-state index contributed by atoms with van der Waals surface area (Å²) in [7, 11) is 0. The van der Waals surface area contributed by atoms with Gasteiger partial charge in [-0.2, -0.15) is 4.98 Å². The number of aryl methyl sites for hydroxylation is 1. The first-order valence-electron chi connectivity index (χ1n) is 8.84. The first-order valence-corrected chi connectivity index (χ1v) is 8.84. The van der Waals surface area contributed by atoms with Crippen molar-refractivity contribution in [1.29, 1.82) is 0 Å². The number of nitrogens with zero attached hydrogens (tertiary/aromatic N) is 3. The van der Waals surface area contributed by atoms with E-state index in [1.165, 1.54) is 19.3 Å². The van der Waals surface area contributed by atoms with Crippen LogP contribution in [0.4, 0.5) is 17.6 Å². The van der Waals surface area contributed by atoms with Crippen LogP contribution in [-0.2, 0) is 0 Å². The maximum atomic E-state index is 4.71. The lowest BCUT2D eigenvalue weighted by molar-refractivity contribution is 0.253. The van der Waals surface area contributed by atoms with Gasteiger partial charge in [-0.1, -0.05) is 32.8 Å². The normalized spacial score (nSPS) is 23.8. The Hall–Kier alpha value is -2.17. The Kier molecular flexibility index (Phi) is 4.97. The molecule has 1 saturated carbocycles. The minimum atomic E-state index is 0.476. The van der Waals surface area contributed by atoms with Gasteiger partial charge in [-0.05, 0) is 44.2 Å². The smallest absolute Gasteiger partial charge is 0.230 e. The first kappa shape index (κ1) is 16.7. The molecule has 0 amide bonds. The molecule has 24 heavy (non-hydrogen) atoms. The second kappa shape index (κ2) is 7.16. The van der Waals surface area contributed by atoms with Gasteiger partial charge in [0, 0.05) is 23.5 Å². The predicted molar refractivity (Wildman–Crippen MR) is 98.6 cm³/mol. The Morgan fingerprint density at radius 2 is 1.92 bits per heavy atom. The zero-order chi connectivity index (χ0) is 17.1. The lowest BCUT2D eigenvalue weighted by Crippen LogP contribution is -2.35. The quantitative estimate of drug-likeness (QED) is 0.868. The summed E-state index contributed by atoms with van der Waals surface area (Å²) in [5.74, 6) is 3.69. The Morgan fingerprint density at radius 1 is 1.08 bits per heavy atom. The summed E-state index contributed by atoms with van der Waals surface area (Å²) in [6.07, 6.45) is 5.57. The third kappa shape index (κ3) is 3.66. The Labute approximate surface area is 144 Å². The van der Waals surface area contributed by atoms with Gasteiger partial charge in [-0.15, -0.1) is 0 Å². The maximum absolute atomic E-state index is 4.71. The van der Waals surface area contributed by atoms with Crippen LogP contribution in [0.2, 0.25) is 0 Å². The highest BCUT2D eigenvalue weighted by atomic mass is 15.2. The predicted octanol–water partition coefficient (Wildman–Crippen LogP) is 4.47. The van der Waals surface area contributed by atoms with Crippen molar-refractivity contribution in [2.75, 3.05) is 10.6 Å². The topological polar surface area (TPSA) is 62.7 Å². The van der Waals surface area contributed by atoms with Crippen molar-refractivity contribution in [2.24, 2.45) is 11.8 Å². The van der Waals surface area contributed by atoms with E-state index in [1.54, 1.807) is 6.20 Å². The molecule has 2 heterocycles. The summed E-state index contributed by atoms with van der Waals surface area (Å²) >= 11 is 0. The highest BCUT2D eigenvalue weighted by Gasteiger charge is 2.27. The number of aromatic nitrogens is 3. The van der Waals surface area contributed by atoms with Gasteiger partial charge >= 0.3 is 0 Å². The molecule has 2 aromatic heterocycles. The van der Waals surface area contributed by atoms with Crippen LogP contribution in [0.15, 0.2) is 24.4 Å². The molecule has 0 aliphatic heterocycles. The SMILES string of the molecule is Cc1nc(Nc2ccccn2)nc(NC2CCCC(C)C2C)c1C. The van der Waals surface area contributed by atoms with Gasteiger partial charge in [0.15, 0.2) is 0 Å². The van der Waals surface area contributed by atoms with Gasteiger partial charge in [0.2, 0.25) is 5.95 Å². The van der Waals surface area contributed by atoms with Crippen molar-refractivity contribution in [3.63, 3.8) is 0 Å². The van der Waals surface area contributed by atoms with E-state index in [4.69, 9.17) is 4.98 Å². The van der Waals surface area contributed by atoms with Crippen molar-refractivity contribution in [1.82, 2.24) is 15.0 Å². The number of anilines is 3. The molecule has 3 rings (SSSR count). The van der Waals surface area contributed by atoms with E-state index in [9.17, 15) is 0 Å². The molecule has 0 aromatic carbocycles. The zero-order valence-electron chi connectivity index (χ0n) is 15.0. The molecular weight excluding hydrogens is 298 g/mol. The van der Waals surface area contributed by atoms with E-state index < -0.39 is 0 Å². The molecule has 128 valence electrons. The van der Waals surface area contributed by atoms with Crippen LogP contribution >= 0.6 is 0 Å². The summed E-state index contributed by atoms with van der Waals surface area (Å²) in [6, 6.07) is 6.23. The minimum Gasteiger partial charge on any atom is -0.367 e. The monoisotopic (exact) mass is 325 g/mol. The van der Waals surface area contributed by atoms with Gasteiger partial charge in [-0.25, -0.2) is 9.97 Å². The van der Waals surface area contributed by atoms with E-state index >= 15 is 0 Å². The fourth-order valence-corrected chi connectivity index (χ4v) is 3.34. The third-order valence-electron chi connectivity index (χ3n) is 5.32. The molecule has 0 bridgehead atoms. The lowest BCUT2D eigenvalue weighted by Gasteiger charge is -2.35. The molecule has 0 saturated heterocycles. The van der Waals surface area contributed by atoms with Crippen molar-refractivity contribution >= 4 is 17.6 Å². The average Bonchev–Trinajstić information content (AvgIpc) is 2.57. The van der Waals surface area contributed by atoms with E-state index in [1.807, 2.05) is 25.1 Å². The Bertz CT molecular complexity index is 686. The van der Waals surface area contributed by atoms with Gasteiger partial charge < -0.3 is 10.6 Å². The van der Waals surface area contributed by atoms with Crippen molar-refractivity contribution < 1.29 is 0 Å². The van der Waals surface area contributed by atoms with Gasteiger partial charge in [0.25, 0.3) is 0 Å². The molecule has 1 aliphatic rings. The second-order valence-corrected chi connectivity index (χ2v) is 6.96. The molecular formula is C19H27N5. The summed E-state index contributed by atoms with van der Waals surface area (Å²) in [5, 5.41) is 6.88. The van der Waals surface area contributed by atoms with E-state index in [-0.39, 0.29) is 0 Å². The standard InChI is InChI=1S/C19H27N5/c1-12-8-7-9-16(13(12)2)22-18-14(3)15(4)21-19(24-18)23-17-10-5-6-11-20-17/h5-6,10-13,16H,7-9H2,1-4H3,(H2,20,21,22,23,24). The number of hydrogen-bond acceptors (Lipinski definition) is 5. The van der Waals surface area contributed by atoms with Crippen molar-refractivity contribution in [2.45, 2.75) is 53.0 Å². The molecule has 3 unspecified atom stereocenters. The Balaban J connectivity index is 1.82. The van der Waals surface area contributed by atoms with Crippen LogP contribution < -0.4 is 10.6 Å². The minimum absolute atomic E-state index is 0.476. The maximum Gasteiger partial charge on any atom is 0.230 e. The number of pyridine rings is 1. The summed E-state index contributed by atoms with van der Waals surface area (Å²) in [4.78, 5) is 13.5. The van der Waals surface area contributed by atoms with E-state index in [0.717, 1.165) is 28.8 Å². The Morgan fingerprint density at radius 3 is 2.67 bits per heavy atom. The summed E-state index contributed by atoms with van der Waals surface area (Å²) in [6.45, 7) is 8.81. The third-order valence-corrected chi connectivity index (χ3v) is 5.32. The molecule has 1 aliphatic carbocycles. The van der Waals surface area contributed by atoms with Crippen LogP contribution in [0.3, 0.4) is 0 Å². The average molecular weight is 325 g/mol. The summed E-state index contributed by atoms with van der Waals surface area (Å²) in [5.41, 5.74) is 2.11. The first-order chi connectivity index (χ1) is 11.5. The van der Waals surface area contributed by atoms with Crippen LogP contribution in [0, 0.1) is 25.7 Å². The number of nitrogens with one attached hydrogen (secondary N) is 2. The molecule has 3 atom stereocenters. The van der Waals surface area contributed by atoms with Crippen molar-refractivity contribution in [3.8, 4) is 0 Å². The molecule has 0 radical (unpaired) electrons. The van der Waals surface area contributed by atoms with Crippen LogP contribution in [0.25, 0.3) is 0 Å². The van der Waals surface area contributed by atoms with Gasteiger partial charge in [0.05, 0.1) is 0 Å². The fraction of sp³-hybridized carbons (Fsp3) is 0.526. The van der Waals surface area contributed by atoms with Crippen LogP contribution in [0.5, 0.6) is 0 Å².